The number of benzene rings is 2. The van der Waals surface area contributed by atoms with Crippen LogP contribution in [0.5, 0.6) is 11.5 Å². The molecule has 1 amide bonds. The van der Waals surface area contributed by atoms with Crippen LogP contribution < -0.4 is 15.8 Å². The number of hydrogen-bond acceptors (Lipinski definition) is 6. The Labute approximate surface area is 161 Å². The number of carbonyl (C=O) groups excluding carboxylic acids is 2. The van der Waals surface area contributed by atoms with E-state index in [1.807, 2.05) is 19.1 Å². The number of nitriles is 1. The number of ether oxygens (including phenoxy) is 1. The molecule has 7 nitrogen and oxygen atoms in total. The summed E-state index contributed by atoms with van der Waals surface area (Å²) in [7, 11) is 0. The normalized spacial score (nSPS) is 19.5. The number of fused-ring (bicyclic) bond motifs is 4. The van der Waals surface area contributed by atoms with E-state index in [0.717, 1.165) is 5.56 Å². The molecule has 7 heteroatoms. The van der Waals surface area contributed by atoms with Gasteiger partial charge in [-0.1, -0.05) is 24.6 Å². The topological polar surface area (TPSA) is 125 Å². The van der Waals surface area contributed by atoms with E-state index < -0.39 is 11.3 Å². The zero-order valence-corrected chi connectivity index (χ0v) is 15.3. The first-order valence-corrected chi connectivity index (χ1v) is 8.76. The summed E-state index contributed by atoms with van der Waals surface area (Å²) in [5, 5.41) is 23.6. The smallest absolute Gasteiger partial charge is 0.245 e. The molecule has 140 valence electrons. The number of ketones is 1. The first-order chi connectivity index (χ1) is 13.4. The predicted molar refractivity (Wildman–Crippen MR) is 101 cm³/mol. The van der Waals surface area contributed by atoms with Gasteiger partial charge in [0.1, 0.15) is 28.6 Å². The summed E-state index contributed by atoms with van der Waals surface area (Å²) >= 11 is 0. The van der Waals surface area contributed by atoms with Crippen molar-refractivity contribution in [3.8, 4) is 17.6 Å². The number of nitrogens with one attached hydrogen (secondary N) is 1. The number of phenolic OH excluding ortho intramolecular Hbond substituents is 1. The number of amides is 1. The lowest BCUT2D eigenvalue weighted by molar-refractivity contribution is -0.118. The molecule has 4 N–H and O–H groups in total. The summed E-state index contributed by atoms with van der Waals surface area (Å²) in [6.07, 6.45) is 0.172. The second kappa shape index (κ2) is 5.86. The van der Waals surface area contributed by atoms with E-state index in [0.29, 0.717) is 11.3 Å². The minimum Gasteiger partial charge on any atom is -0.507 e. The molecule has 28 heavy (non-hydrogen) atoms. The first-order valence-electron chi connectivity index (χ1n) is 8.76. The van der Waals surface area contributed by atoms with Gasteiger partial charge in [-0.05, 0) is 25.1 Å². The van der Waals surface area contributed by atoms with Gasteiger partial charge in [-0.3, -0.25) is 9.59 Å². The number of rotatable bonds is 2. The third-order valence-electron chi connectivity index (χ3n) is 5.26. The van der Waals surface area contributed by atoms with Gasteiger partial charge >= 0.3 is 0 Å². The van der Waals surface area contributed by atoms with Crippen molar-refractivity contribution < 1.29 is 19.4 Å². The summed E-state index contributed by atoms with van der Waals surface area (Å²) in [5.41, 5.74) is 6.15. The Morgan fingerprint density at radius 1 is 1.36 bits per heavy atom. The van der Waals surface area contributed by atoms with Crippen molar-refractivity contribution in [2.45, 2.75) is 25.7 Å². The van der Waals surface area contributed by atoms with Gasteiger partial charge in [0, 0.05) is 17.7 Å². The molecule has 2 aliphatic rings. The van der Waals surface area contributed by atoms with Gasteiger partial charge in [0.15, 0.2) is 5.78 Å². The van der Waals surface area contributed by atoms with E-state index >= 15 is 0 Å². The minimum atomic E-state index is -1.69. The van der Waals surface area contributed by atoms with E-state index in [9.17, 15) is 20.0 Å². The number of Topliss-reactive ketones (excluding diaryl/α,β-unsaturated/α-hetero) is 1. The molecule has 1 unspecified atom stereocenters. The van der Waals surface area contributed by atoms with E-state index in [4.69, 9.17) is 10.5 Å². The molecule has 2 aliphatic heterocycles. The maximum absolute atomic E-state index is 13.3. The maximum Gasteiger partial charge on any atom is 0.245 e. The van der Waals surface area contributed by atoms with Gasteiger partial charge in [0.05, 0.1) is 11.1 Å². The van der Waals surface area contributed by atoms with Crippen LogP contribution in [-0.2, 0) is 10.2 Å². The van der Waals surface area contributed by atoms with Gasteiger partial charge in [0.25, 0.3) is 0 Å². The van der Waals surface area contributed by atoms with E-state index in [-0.39, 0.29) is 46.3 Å². The Balaban J connectivity index is 2.17. The first kappa shape index (κ1) is 17.6. The van der Waals surface area contributed by atoms with Crippen LogP contribution in [0.1, 0.15) is 40.4 Å². The van der Waals surface area contributed by atoms with Gasteiger partial charge in [-0.25, -0.2) is 0 Å². The number of carbonyl (C=O) groups is 2. The second-order valence-electron chi connectivity index (χ2n) is 6.82. The highest BCUT2D eigenvalue weighted by molar-refractivity contribution is 6.14. The molecule has 0 aliphatic carbocycles. The summed E-state index contributed by atoms with van der Waals surface area (Å²) < 4.78 is 5.55. The van der Waals surface area contributed by atoms with Crippen LogP contribution >= 0.6 is 0 Å². The molecular formula is C21H17N3O4. The summed E-state index contributed by atoms with van der Waals surface area (Å²) in [6.45, 7) is 3.53. The fraction of sp³-hybridized carbons (Fsp3) is 0.190. The highest BCUT2D eigenvalue weighted by atomic mass is 16.5. The summed E-state index contributed by atoms with van der Waals surface area (Å²) in [4.78, 5) is 25.6. The van der Waals surface area contributed by atoms with Gasteiger partial charge in [-0.2, -0.15) is 5.26 Å². The molecule has 0 saturated heterocycles. The third kappa shape index (κ3) is 2.03. The molecule has 1 spiro atoms. The third-order valence-corrected chi connectivity index (χ3v) is 5.26. The molecule has 0 saturated carbocycles. The lowest BCUT2D eigenvalue weighted by atomic mass is 9.67. The number of phenols is 1. The number of nitrogens with two attached hydrogens (primary N) is 1. The van der Waals surface area contributed by atoms with Crippen molar-refractivity contribution in [2.24, 2.45) is 5.73 Å². The van der Waals surface area contributed by atoms with Crippen LogP contribution in [0.3, 0.4) is 0 Å². The Kier molecular flexibility index (Phi) is 3.69. The highest BCUT2D eigenvalue weighted by Gasteiger charge is 2.58. The van der Waals surface area contributed by atoms with Crippen molar-refractivity contribution in [1.29, 1.82) is 5.26 Å². The quantitative estimate of drug-likeness (QED) is 0.693. The molecule has 0 radical (unpaired) electrons. The second-order valence-corrected chi connectivity index (χ2v) is 6.82. The molecule has 2 aromatic carbocycles. The predicted octanol–water partition coefficient (Wildman–Crippen LogP) is 2.62. The van der Waals surface area contributed by atoms with Crippen LogP contribution in [0.4, 0.5) is 5.69 Å². The van der Waals surface area contributed by atoms with Crippen LogP contribution in [-0.4, -0.2) is 16.8 Å². The maximum atomic E-state index is 13.3. The van der Waals surface area contributed by atoms with Crippen LogP contribution in [0.2, 0.25) is 0 Å². The standard InChI is InChI=1S/C21H17N3O4/c1-3-15(25)11-5-7-16-17(18(11)26)21(13(9-22)19(23)28-16)12-8-10(2)4-6-14(12)24-20(21)27/h4-8,26H,3,23H2,1-2H3,(H,24,27). The lowest BCUT2D eigenvalue weighted by Crippen LogP contribution is -2.42. The zero-order valence-electron chi connectivity index (χ0n) is 15.3. The van der Waals surface area contributed by atoms with Crippen molar-refractivity contribution in [3.63, 3.8) is 0 Å². The number of hydrogen-bond donors (Lipinski definition) is 3. The monoisotopic (exact) mass is 375 g/mol. The molecule has 0 fully saturated rings. The van der Waals surface area contributed by atoms with Gasteiger partial charge in [-0.15, -0.1) is 0 Å². The van der Waals surface area contributed by atoms with Crippen LogP contribution in [0.15, 0.2) is 41.8 Å². The highest BCUT2D eigenvalue weighted by Crippen LogP contribution is 2.56. The molecule has 0 aromatic heterocycles. The Bertz CT molecular complexity index is 1140. The molecule has 2 heterocycles. The molecular weight excluding hydrogens is 358 g/mol. The molecule has 4 rings (SSSR count). The number of nitrogens with zero attached hydrogens (tertiary/aromatic N) is 1. The minimum absolute atomic E-state index is 0.0550. The van der Waals surface area contributed by atoms with Crippen molar-refractivity contribution in [3.05, 3.63) is 64.0 Å². The number of aromatic hydroxyl groups is 1. The van der Waals surface area contributed by atoms with Crippen molar-refractivity contribution in [2.75, 3.05) is 5.32 Å². The van der Waals surface area contributed by atoms with Crippen LogP contribution in [0.25, 0.3) is 0 Å². The lowest BCUT2D eigenvalue weighted by Gasteiger charge is -2.34. The van der Waals surface area contributed by atoms with Gasteiger partial charge < -0.3 is 20.9 Å². The van der Waals surface area contributed by atoms with E-state index in [1.165, 1.54) is 12.1 Å². The van der Waals surface area contributed by atoms with Crippen LogP contribution in [0, 0.1) is 18.3 Å². The van der Waals surface area contributed by atoms with Crippen molar-refractivity contribution in [1.82, 2.24) is 0 Å². The molecule has 1 atom stereocenters. The van der Waals surface area contributed by atoms with Crippen molar-refractivity contribution >= 4 is 17.4 Å². The number of anilines is 1. The van der Waals surface area contributed by atoms with E-state index in [1.54, 1.807) is 19.1 Å². The Hall–Kier alpha value is -3.79. The SMILES string of the molecule is CCC(=O)c1ccc2c(c1O)C1(C(=O)Nc3ccc(C)cc31)C(C#N)=C(N)O2. The average molecular weight is 375 g/mol. The average Bonchev–Trinajstić information content (AvgIpc) is 2.94. The largest absolute Gasteiger partial charge is 0.507 e. The fourth-order valence-electron chi connectivity index (χ4n) is 3.97. The summed E-state index contributed by atoms with van der Waals surface area (Å²) in [5.74, 6) is -1.29. The fourth-order valence-corrected chi connectivity index (χ4v) is 3.97. The molecule has 0 bridgehead atoms. The Morgan fingerprint density at radius 2 is 2.11 bits per heavy atom. The number of aryl methyl sites for hydroxylation is 1. The Morgan fingerprint density at radius 3 is 2.79 bits per heavy atom. The zero-order chi connectivity index (χ0) is 20.2. The van der Waals surface area contributed by atoms with E-state index in [2.05, 4.69) is 5.32 Å². The summed E-state index contributed by atoms with van der Waals surface area (Å²) in [6, 6.07) is 10.2. The molecule has 2 aromatic rings. The van der Waals surface area contributed by atoms with Gasteiger partial charge in [0.2, 0.25) is 11.8 Å².